The maximum Gasteiger partial charge on any atom is 0.410 e. The number of anilines is 1. The Hall–Kier alpha value is -3.84. The number of aromatic amines is 1. The van der Waals surface area contributed by atoms with Crippen molar-refractivity contribution < 1.29 is 9.53 Å². The molecule has 0 atom stereocenters. The predicted molar refractivity (Wildman–Crippen MR) is 152 cm³/mol. The third-order valence-corrected chi connectivity index (χ3v) is 7.37. The molecular weight excluding hydrogens is 474 g/mol. The summed E-state index contributed by atoms with van der Waals surface area (Å²) in [4.78, 5) is 24.6. The second kappa shape index (κ2) is 9.80. The van der Waals surface area contributed by atoms with Gasteiger partial charge in [-0.1, -0.05) is 30.3 Å². The number of nitrogens with zero attached hydrogens (tertiary/aromatic N) is 3. The number of hydrogen-bond donors (Lipinski definition) is 2. The summed E-state index contributed by atoms with van der Waals surface area (Å²) in [5.74, 6) is 0. The van der Waals surface area contributed by atoms with Crippen LogP contribution in [0.15, 0.2) is 60.9 Å². The smallest absolute Gasteiger partial charge is 0.410 e. The van der Waals surface area contributed by atoms with Gasteiger partial charge in [0.05, 0.1) is 0 Å². The standard InChI is InChI=1S/C31H35N5O2/c1-31(2,3)38-30(37)36-14-12-35(13-15-36)20-21-4-6-22(7-5-21)25-17-26-27(19-34-29(26)33-18-25)23-8-9-28-24(16-23)10-11-32-28/h4-9,16-19,32H,10-15,20H2,1-3H3,(H,33,34). The van der Waals surface area contributed by atoms with Gasteiger partial charge in [0, 0.05) is 73.9 Å². The summed E-state index contributed by atoms with van der Waals surface area (Å²) in [5.41, 5.74) is 9.01. The van der Waals surface area contributed by atoms with Crippen molar-refractivity contribution in [3.05, 3.63) is 72.1 Å². The van der Waals surface area contributed by atoms with Crippen molar-refractivity contribution in [3.63, 3.8) is 0 Å². The molecule has 4 heterocycles. The van der Waals surface area contributed by atoms with Crippen molar-refractivity contribution in [1.82, 2.24) is 19.8 Å². The average Bonchev–Trinajstić information content (AvgIpc) is 3.55. The third-order valence-electron chi connectivity index (χ3n) is 7.37. The first-order valence-corrected chi connectivity index (χ1v) is 13.5. The van der Waals surface area contributed by atoms with E-state index in [2.05, 4.69) is 69.9 Å². The van der Waals surface area contributed by atoms with Crippen molar-refractivity contribution >= 4 is 22.8 Å². The number of benzene rings is 2. The van der Waals surface area contributed by atoms with Gasteiger partial charge in [-0.15, -0.1) is 0 Å². The minimum atomic E-state index is -0.460. The van der Waals surface area contributed by atoms with Crippen molar-refractivity contribution in [2.45, 2.75) is 39.3 Å². The van der Waals surface area contributed by atoms with E-state index in [0.29, 0.717) is 13.1 Å². The summed E-state index contributed by atoms with van der Waals surface area (Å²) < 4.78 is 5.52. The molecule has 0 bridgehead atoms. The maximum atomic E-state index is 12.3. The van der Waals surface area contributed by atoms with E-state index in [9.17, 15) is 4.79 Å². The van der Waals surface area contributed by atoms with Crippen molar-refractivity contribution in [3.8, 4) is 22.3 Å². The van der Waals surface area contributed by atoms with Crippen molar-refractivity contribution in [2.75, 3.05) is 38.0 Å². The molecule has 2 aliphatic rings. The number of aromatic nitrogens is 2. The predicted octanol–water partition coefficient (Wildman–Crippen LogP) is 5.92. The lowest BCUT2D eigenvalue weighted by Gasteiger charge is -2.35. The molecule has 196 valence electrons. The summed E-state index contributed by atoms with van der Waals surface area (Å²) in [6, 6.07) is 17.7. The molecule has 7 heteroatoms. The van der Waals surface area contributed by atoms with Crippen LogP contribution < -0.4 is 5.32 Å². The van der Waals surface area contributed by atoms with Gasteiger partial charge in [-0.3, -0.25) is 4.90 Å². The first kappa shape index (κ1) is 24.5. The van der Waals surface area contributed by atoms with Gasteiger partial charge in [-0.05, 0) is 67.6 Å². The second-order valence-electron chi connectivity index (χ2n) is 11.3. The highest BCUT2D eigenvalue weighted by atomic mass is 16.6. The Bertz CT molecular complexity index is 1460. The SMILES string of the molecule is CC(C)(C)OC(=O)N1CCN(Cc2ccc(-c3cnc4[nH]cc(-c5ccc6c(c5)CCN6)c4c3)cc2)CC1. The zero-order valence-electron chi connectivity index (χ0n) is 22.4. The van der Waals surface area contributed by atoms with E-state index in [-0.39, 0.29) is 6.09 Å². The molecule has 38 heavy (non-hydrogen) atoms. The molecule has 7 nitrogen and oxygen atoms in total. The fourth-order valence-electron chi connectivity index (χ4n) is 5.35. The lowest BCUT2D eigenvalue weighted by molar-refractivity contribution is 0.0139. The fraction of sp³-hybridized carbons (Fsp3) is 0.355. The molecule has 0 aliphatic carbocycles. The molecule has 6 rings (SSSR count). The van der Waals surface area contributed by atoms with Crippen LogP contribution >= 0.6 is 0 Å². The highest BCUT2D eigenvalue weighted by molar-refractivity contribution is 5.96. The molecule has 0 unspecified atom stereocenters. The third kappa shape index (κ3) is 5.11. The van der Waals surface area contributed by atoms with Gasteiger partial charge >= 0.3 is 6.09 Å². The summed E-state index contributed by atoms with van der Waals surface area (Å²) in [7, 11) is 0. The van der Waals surface area contributed by atoms with Gasteiger partial charge in [-0.25, -0.2) is 9.78 Å². The Labute approximate surface area is 223 Å². The van der Waals surface area contributed by atoms with Gasteiger partial charge in [0.1, 0.15) is 11.2 Å². The van der Waals surface area contributed by atoms with Crippen molar-refractivity contribution in [2.24, 2.45) is 0 Å². The molecule has 0 radical (unpaired) electrons. The Balaban J connectivity index is 1.13. The molecule has 0 spiro atoms. The summed E-state index contributed by atoms with van der Waals surface area (Å²) in [6.07, 6.45) is 4.86. The highest BCUT2D eigenvalue weighted by Crippen LogP contribution is 2.34. The molecule has 2 aromatic heterocycles. The molecule has 1 amide bonds. The number of piperazine rings is 1. The average molecular weight is 510 g/mol. The number of H-pyrrole nitrogens is 1. The second-order valence-corrected chi connectivity index (χ2v) is 11.3. The van der Waals surface area contributed by atoms with Crippen LogP contribution in [0, 0.1) is 0 Å². The highest BCUT2D eigenvalue weighted by Gasteiger charge is 2.25. The number of nitrogens with one attached hydrogen (secondary N) is 2. The zero-order chi connectivity index (χ0) is 26.3. The lowest BCUT2D eigenvalue weighted by atomic mass is 9.99. The number of rotatable bonds is 4. The van der Waals surface area contributed by atoms with Gasteiger partial charge < -0.3 is 19.9 Å². The fourth-order valence-corrected chi connectivity index (χ4v) is 5.35. The van der Waals surface area contributed by atoms with Gasteiger partial charge in [0.2, 0.25) is 0 Å². The first-order chi connectivity index (χ1) is 18.3. The number of fused-ring (bicyclic) bond motifs is 2. The number of ether oxygens (including phenoxy) is 1. The van der Waals surface area contributed by atoms with Gasteiger partial charge in [-0.2, -0.15) is 0 Å². The lowest BCUT2D eigenvalue weighted by Crippen LogP contribution is -2.49. The van der Waals surface area contributed by atoms with Crippen LogP contribution in [0.4, 0.5) is 10.5 Å². The zero-order valence-corrected chi connectivity index (χ0v) is 22.4. The Morgan fingerprint density at radius 3 is 2.50 bits per heavy atom. The van der Waals surface area contributed by atoms with Crippen LogP contribution in [0.5, 0.6) is 0 Å². The largest absolute Gasteiger partial charge is 0.444 e. The quantitative estimate of drug-likeness (QED) is 0.357. The minimum Gasteiger partial charge on any atom is -0.444 e. The van der Waals surface area contributed by atoms with E-state index in [0.717, 1.165) is 54.8 Å². The van der Waals surface area contributed by atoms with Crippen LogP contribution in [-0.2, 0) is 17.7 Å². The summed E-state index contributed by atoms with van der Waals surface area (Å²) >= 11 is 0. The number of carbonyl (C=O) groups is 1. The van der Waals surface area contributed by atoms with Crippen LogP contribution in [0.2, 0.25) is 0 Å². The Morgan fingerprint density at radius 1 is 0.974 bits per heavy atom. The molecule has 0 saturated carbocycles. The Kier molecular flexibility index (Phi) is 6.32. The minimum absolute atomic E-state index is 0.217. The number of carbonyl (C=O) groups excluding carboxylic acids is 1. The van der Waals surface area contributed by atoms with E-state index >= 15 is 0 Å². The van der Waals surface area contributed by atoms with Crippen molar-refractivity contribution in [1.29, 1.82) is 0 Å². The van der Waals surface area contributed by atoms with Crippen LogP contribution in [-0.4, -0.2) is 64.2 Å². The molecule has 1 saturated heterocycles. The molecule has 2 aromatic carbocycles. The Morgan fingerprint density at radius 2 is 1.74 bits per heavy atom. The number of hydrogen-bond acceptors (Lipinski definition) is 5. The molecular formula is C31H35N5O2. The van der Waals surface area contributed by atoms with Crippen LogP contribution in [0.1, 0.15) is 31.9 Å². The van der Waals surface area contributed by atoms with Crippen LogP contribution in [0.25, 0.3) is 33.3 Å². The van der Waals surface area contributed by atoms with Gasteiger partial charge in [0.15, 0.2) is 0 Å². The van der Waals surface area contributed by atoms with E-state index in [1.807, 2.05) is 31.9 Å². The summed E-state index contributed by atoms with van der Waals surface area (Å²) in [6.45, 7) is 10.7. The maximum absolute atomic E-state index is 12.3. The normalized spacial score (nSPS) is 15.9. The topological polar surface area (TPSA) is 73.5 Å². The molecule has 2 N–H and O–H groups in total. The van der Waals surface area contributed by atoms with E-state index in [1.54, 1.807) is 0 Å². The van der Waals surface area contributed by atoms with Gasteiger partial charge in [0.25, 0.3) is 0 Å². The molecule has 2 aliphatic heterocycles. The number of pyridine rings is 1. The number of amides is 1. The van der Waals surface area contributed by atoms with E-state index in [4.69, 9.17) is 9.72 Å². The molecule has 1 fully saturated rings. The molecule has 4 aromatic rings. The van der Waals surface area contributed by atoms with E-state index < -0.39 is 5.60 Å². The first-order valence-electron chi connectivity index (χ1n) is 13.5. The van der Waals surface area contributed by atoms with Crippen LogP contribution in [0.3, 0.4) is 0 Å². The van der Waals surface area contributed by atoms with E-state index in [1.165, 1.54) is 27.9 Å². The summed E-state index contributed by atoms with van der Waals surface area (Å²) in [5, 5.41) is 4.58. The monoisotopic (exact) mass is 509 g/mol.